The van der Waals surface area contributed by atoms with Crippen LogP contribution >= 0.6 is 0 Å². The van der Waals surface area contributed by atoms with Gasteiger partial charge < -0.3 is 16.0 Å². The number of alkyl halides is 3. The number of amides is 2. The van der Waals surface area contributed by atoms with Gasteiger partial charge in [-0.15, -0.1) is 0 Å². The van der Waals surface area contributed by atoms with Gasteiger partial charge in [0.25, 0.3) is 5.91 Å². The van der Waals surface area contributed by atoms with Crippen molar-refractivity contribution in [2.24, 2.45) is 0 Å². The molecule has 0 aliphatic rings. The molecule has 3 N–H and O–H groups in total. The monoisotopic (exact) mass is 455 g/mol. The van der Waals surface area contributed by atoms with Gasteiger partial charge in [-0.2, -0.15) is 13.2 Å². The molecule has 0 aromatic heterocycles. The Morgan fingerprint density at radius 3 is 2.30 bits per heavy atom. The Hall–Kier alpha value is -3.81. The van der Waals surface area contributed by atoms with Crippen LogP contribution in [0.25, 0.3) is 0 Å². The maximum atomic E-state index is 12.9. The van der Waals surface area contributed by atoms with Gasteiger partial charge in [-0.1, -0.05) is 37.3 Å². The SMILES string of the molecule is CCc1cccc(C)c1NC(=O)CNc1cccc(C(=O)Nc2cccc(C(F)(F)F)c2)c1. The van der Waals surface area contributed by atoms with Crippen LogP contribution in [-0.2, 0) is 17.4 Å². The largest absolute Gasteiger partial charge is 0.416 e. The van der Waals surface area contributed by atoms with E-state index in [0.717, 1.165) is 35.4 Å². The van der Waals surface area contributed by atoms with Crippen molar-refractivity contribution >= 4 is 28.9 Å². The molecule has 0 unspecified atom stereocenters. The smallest absolute Gasteiger partial charge is 0.376 e. The van der Waals surface area contributed by atoms with Crippen molar-refractivity contribution in [2.75, 3.05) is 22.5 Å². The van der Waals surface area contributed by atoms with Crippen molar-refractivity contribution in [3.63, 3.8) is 0 Å². The van der Waals surface area contributed by atoms with Crippen molar-refractivity contribution in [1.82, 2.24) is 0 Å². The number of aryl methyl sites for hydroxylation is 2. The van der Waals surface area contributed by atoms with E-state index >= 15 is 0 Å². The van der Waals surface area contributed by atoms with Gasteiger partial charge in [0, 0.05) is 22.6 Å². The Labute approximate surface area is 190 Å². The molecule has 0 radical (unpaired) electrons. The summed E-state index contributed by atoms with van der Waals surface area (Å²) in [5, 5.41) is 8.35. The molecule has 0 saturated carbocycles. The zero-order chi connectivity index (χ0) is 24.0. The normalized spacial score (nSPS) is 11.1. The molecule has 33 heavy (non-hydrogen) atoms. The van der Waals surface area contributed by atoms with Crippen molar-refractivity contribution in [1.29, 1.82) is 0 Å². The summed E-state index contributed by atoms with van der Waals surface area (Å²) in [5.41, 5.74) is 2.76. The van der Waals surface area contributed by atoms with Gasteiger partial charge in [-0.25, -0.2) is 0 Å². The molecule has 3 aromatic carbocycles. The second-order valence-corrected chi connectivity index (χ2v) is 7.48. The summed E-state index contributed by atoms with van der Waals surface area (Å²) in [6.45, 7) is 3.92. The van der Waals surface area contributed by atoms with E-state index in [2.05, 4.69) is 16.0 Å². The number of rotatable bonds is 7. The van der Waals surface area contributed by atoms with Gasteiger partial charge in [0.1, 0.15) is 0 Å². The summed E-state index contributed by atoms with van der Waals surface area (Å²) >= 11 is 0. The molecule has 0 aliphatic heterocycles. The first-order chi connectivity index (χ1) is 15.7. The second kappa shape index (κ2) is 10.2. The molecule has 0 bridgehead atoms. The van der Waals surface area contributed by atoms with Crippen molar-refractivity contribution in [3.8, 4) is 0 Å². The third-order valence-corrected chi connectivity index (χ3v) is 5.03. The van der Waals surface area contributed by atoms with Crippen LogP contribution < -0.4 is 16.0 Å². The summed E-state index contributed by atoms with van der Waals surface area (Å²) in [6.07, 6.45) is -3.71. The van der Waals surface area contributed by atoms with Crippen LogP contribution in [-0.4, -0.2) is 18.4 Å². The van der Waals surface area contributed by atoms with E-state index in [0.29, 0.717) is 5.69 Å². The fraction of sp³-hybridized carbons (Fsp3) is 0.200. The number of nitrogens with one attached hydrogen (secondary N) is 3. The summed E-state index contributed by atoms with van der Waals surface area (Å²) in [5.74, 6) is -0.798. The van der Waals surface area contributed by atoms with Crippen LogP contribution in [0.5, 0.6) is 0 Å². The Balaban J connectivity index is 1.63. The molecule has 2 amide bonds. The lowest BCUT2D eigenvalue weighted by Crippen LogP contribution is -2.23. The molecular formula is C25H24F3N3O2. The number of hydrogen-bond acceptors (Lipinski definition) is 3. The zero-order valence-electron chi connectivity index (χ0n) is 18.2. The molecule has 3 aromatic rings. The Bertz CT molecular complexity index is 1160. The Morgan fingerprint density at radius 2 is 1.58 bits per heavy atom. The molecule has 8 heteroatoms. The second-order valence-electron chi connectivity index (χ2n) is 7.48. The van der Waals surface area contributed by atoms with E-state index < -0.39 is 17.6 Å². The molecule has 5 nitrogen and oxygen atoms in total. The zero-order valence-corrected chi connectivity index (χ0v) is 18.2. The highest BCUT2D eigenvalue weighted by molar-refractivity contribution is 6.05. The lowest BCUT2D eigenvalue weighted by Gasteiger charge is -2.14. The maximum absolute atomic E-state index is 12.9. The minimum absolute atomic E-state index is 0.0177. The highest BCUT2D eigenvalue weighted by Gasteiger charge is 2.30. The van der Waals surface area contributed by atoms with E-state index in [4.69, 9.17) is 0 Å². The average molecular weight is 455 g/mol. The standard InChI is InChI=1S/C25H24F3N3O2/c1-3-17-8-4-7-16(2)23(17)31-22(32)15-29-20-11-5-9-18(13-20)24(33)30-21-12-6-10-19(14-21)25(26,27)28/h4-14,29H,3,15H2,1-2H3,(H,30,33)(H,31,32). The van der Waals surface area contributed by atoms with E-state index in [1.807, 2.05) is 32.0 Å². The van der Waals surface area contributed by atoms with Gasteiger partial charge in [-0.05, 0) is 60.9 Å². The number of carbonyl (C=O) groups is 2. The summed E-state index contributed by atoms with van der Waals surface area (Å²) in [6, 6.07) is 16.6. The predicted molar refractivity (Wildman–Crippen MR) is 124 cm³/mol. The van der Waals surface area contributed by atoms with Crippen LogP contribution in [0.3, 0.4) is 0 Å². The van der Waals surface area contributed by atoms with Gasteiger partial charge in [0.05, 0.1) is 12.1 Å². The summed E-state index contributed by atoms with van der Waals surface area (Å²) in [4.78, 5) is 24.9. The third-order valence-electron chi connectivity index (χ3n) is 5.03. The third kappa shape index (κ3) is 6.35. The first-order valence-corrected chi connectivity index (χ1v) is 10.4. The molecule has 3 rings (SSSR count). The predicted octanol–water partition coefficient (Wildman–Crippen LogP) is 5.88. The number of anilines is 3. The topological polar surface area (TPSA) is 70.2 Å². The average Bonchev–Trinajstić information content (AvgIpc) is 2.79. The van der Waals surface area contributed by atoms with Gasteiger partial charge in [0.2, 0.25) is 5.91 Å². The summed E-state index contributed by atoms with van der Waals surface area (Å²) < 4.78 is 38.6. The molecule has 0 spiro atoms. The molecule has 0 heterocycles. The van der Waals surface area contributed by atoms with Gasteiger partial charge in [0.15, 0.2) is 0 Å². The van der Waals surface area contributed by atoms with Crippen LogP contribution in [0.15, 0.2) is 66.7 Å². The van der Waals surface area contributed by atoms with Gasteiger partial charge >= 0.3 is 6.18 Å². The molecule has 172 valence electrons. The minimum Gasteiger partial charge on any atom is -0.376 e. The minimum atomic E-state index is -4.50. The number of benzene rings is 3. The van der Waals surface area contributed by atoms with Crippen LogP contribution in [0.4, 0.5) is 30.2 Å². The summed E-state index contributed by atoms with van der Waals surface area (Å²) in [7, 11) is 0. The van der Waals surface area contributed by atoms with E-state index in [9.17, 15) is 22.8 Å². The fourth-order valence-electron chi connectivity index (χ4n) is 3.31. The first kappa shape index (κ1) is 23.8. The molecule has 0 saturated heterocycles. The highest BCUT2D eigenvalue weighted by atomic mass is 19.4. The van der Waals surface area contributed by atoms with Gasteiger partial charge in [-0.3, -0.25) is 9.59 Å². The number of carbonyl (C=O) groups excluding carboxylic acids is 2. The number of halogens is 3. The lowest BCUT2D eigenvalue weighted by atomic mass is 10.1. The maximum Gasteiger partial charge on any atom is 0.416 e. The molecule has 0 fully saturated rings. The molecular weight excluding hydrogens is 431 g/mol. The Morgan fingerprint density at radius 1 is 0.879 bits per heavy atom. The molecule has 0 atom stereocenters. The number of hydrogen-bond donors (Lipinski definition) is 3. The molecule has 0 aliphatic carbocycles. The van der Waals surface area contributed by atoms with Crippen molar-refractivity contribution in [2.45, 2.75) is 26.4 Å². The fourth-order valence-corrected chi connectivity index (χ4v) is 3.31. The quantitative estimate of drug-likeness (QED) is 0.417. The van der Waals surface area contributed by atoms with Crippen LogP contribution in [0.1, 0.15) is 34.0 Å². The van der Waals surface area contributed by atoms with Crippen LogP contribution in [0, 0.1) is 6.92 Å². The Kier molecular flexibility index (Phi) is 7.37. The lowest BCUT2D eigenvalue weighted by molar-refractivity contribution is -0.137. The number of para-hydroxylation sites is 1. The van der Waals surface area contributed by atoms with Crippen molar-refractivity contribution < 1.29 is 22.8 Å². The van der Waals surface area contributed by atoms with E-state index in [-0.39, 0.29) is 23.7 Å². The van der Waals surface area contributed by atoms with E-state index in [1.165, 1.54) is 24.3 Å². The highest BCUT2D eigenvalue weighted by Crippen LogP contribution is 2.30. The first-order valence-electron chi connectivity index (χ1n) is 10.4. The van der Waals surface area contributed by atoms with Crippen molar-refractivity contribution in [3.05, 3.63) is 89.0 Å². The van der Waals surface area contributed by atoms with Crippen LogP contribution in [0.2, 0.25) is 0 Å². The van der Waals surface area contributed by atoms with E-state index in [1.54, 1.807) is 12.1 Å².